The van der Waals surface area contributed by atoms with Crippen LogP contribution in [0.4, 0.5) is 0 Å². The maximum absolute atomic E-state index is 12.6. The van der Waals surface area contributed by atoms with E-state index in [9.17, 15) is 4.21 Å². The molecule has 1 unspecified atom stereocenters. The van der Waals surface area contributed by atoms with E-state index in [0.29, 0.717) is 5.41 Å². The van der Waals surface area contributed by atoms with Gasteiger partial charge in [-0.3, -0.25) is 0 Å². The van der Waals surface area contributed by atoms with Crippen LogP contribution in [-0.4, -0.2) is 4.21 Å². The molecule has 0 N–H and O–H groups in total. The second-order valence-corrected chi connectivity index (χ2v) is 8.50. The minimum Gasteiger partial charge on any atom is -0.249 e. The van der Waals surface area contributed by atoms with Gasteiger partial charge < -0.3 is 0 Å². The third kappa shape index (κ3) is 3.60. The van der Waals surface area contributed by atoms with Gasteiger partial charge in [0.05, 0.1) is 10.8 Å². The van der Waals surface area contributed by atoms with Gasteiger partial charge in [-0.1, -0.05) is 44.5 Å². The van der Waals surface area contributed by atoms with Crippen molar-refractivity contribution in [2.24, 2.45) is 11.3 Å². The Morgan fingerprint density at radius 3 is 2.15 bits per heavy atom. The molecule has 2 rings (SSSR count). The van der Waals surface area contributed by atoms with Gasteiger partial charge in [-0.05, 0) is 56.1 Å². The molecule has 110 valence electrons. The van der Waals surface area contributed by atoms with Gasteiger partial charge in [0.25, 0.3) is 0 Å². The zero-order chi connectivity index (χ0) is 14.8. The fraction of sp³-hybridized carbons (Fsp3) is 0.556. The van der Waals surface area contributed by atoms with E-state index in [1.54, 1.807) is 0 Å². The van der Waals surface area contributed by atoms with Crippen molar-refractivity contribution in [3.63, 3.8) is 0 Å². The maximum Gasteiger partial charge on any atom is 0.0804 e. The number of hydrogen-bond acceptors (Lipinski definition) is 1. The Morgan fingerprint density at radius 2 is 1.65 bits per heavy atom. The van der Waals surface area contributed by atoms with Gasteiger partial charge in [0, 0.05) is 9.80 Å². The fourth-order valence-electron chi connectivity index (χ4n) is 3.04. The first-order chi connectivity index (χ1) is 9.39. The molecule has 1 nitrogen and oxygen atoms in total. The molecule has 0 heterocycles. The maximum atomic E-state index is 12.6. The van der Waals surface area contributed by atoms with Gasteiger partial charge in [-0.15, -0.1) is 0 Å². The van der Waals surface area contributed by atoms with Gasteiger partial charge in [0.1, 0.15) is 0 Å². The average Bonchev–Trinajstić information content (AvgIpc) is 2.46. The molecule has 1 atom stereocenters. The molecule has 0 aliphatic heterocycles. The Bertz CT molecular complexity index is 498. The van der Waals surface area contributed by atoms with Crippen LogP contribution in [0.3, 0.4) is 0 Å². The summed E-state index contributed by atoms with van der Waals surface area (Å²) >= 11 is 0. The normalized spacial score (nSPS) is 21.6. The van der Waals surface area contributed by atoms with Crippen LogP contribution < -0.4 is 0 Å². The molecule has 0 amide bonds. The van der Waals surface area contributed by atoms with Crippen LogP contribution in [0.25, 0.3) is 0 Å². The summed E-state index contributed by atoms with van der Waals surface area (Å²) in [6, 6.07) is 9.81. The quantitative estimate of drug-likeness (QED) is 0.722. The Balaban J connectivity index is 2.10. The molecular formula is C18H26OS. The van der Waals surface area contributed by atoms with E-state index in [1.807, 2.05) is 30.3 Å². The molecule has 0 radical (unpaired) electrons. The second kappa shape index (κ2) is 6.26. The molecule has 0 spiro atoms. The lowest BCUT2D eigenvalue weighted by Gasteiger charge is -2.35. The van der Waals surface area contributed by atoms with Gasteiger partial charge in [0.2, 0.25) is 0 Å². The van der Waals surface area contributed by atoms with E-state index >= 15 is 0 Å². The lowest BCUT2D eigenvalue weighted by Crippen LogP contribution is -2.23. The van der Waals surface area contributed by atoms with E-state index < -0.39 is 10.8 Å². The minimum atomic E-state index is -0.978. The smallest absolute Gasteiger partial charge is 0.0804 e. The molecule has 0 saturated heterocycles. The van der Waals surface area contributed by atoms with Gasteiger partial charge in [-0.2, -0.15) is 0 Å². The Kier molecular flexibility index (Phi) is 4.85. The summed E-state index contributed by atoms with van der Waals surface area (Å²) in [5, 5.41) is 0. The molecule has 1 saturated carbocycles. The molecule has 0 aromatic heterocycles. The van der Waals surface area contributed by atoms with Gasteiger partial charge in [-0.25, -0.2) is 4.21 Å². The first-order valence-electron chi connectivity index (χ1n) is 7.55. The summed E-state index contributed by atoms with van der Waals surface area (Å²) in [5.41, 5.74) is 1.82. The Labute approximate surface area is 125 Å². The van der Waals surface area contributed by atoms with Crippen molar-refractivity contribution in [3.8, 4) is 0 Å². The average molecular weight is 290 g/mol. The molecule has 20 heavy (non-hydrogen) atoms. The number of allylic oxidation sites excluding steroid dienone is 2. The van der Waals surface area contributed by atoms with Crippen LogP contribution in [0.1, 0.15) is 53.4 Å². The zero-order valence-corrected chi connectivity index (χ0v) is 13.9. The van der Waals surface area contributed by atoms with Gasteiger partial charge in [0.15, 0.2) is 0 Å². The predicted molar refractivity (Wildman–Crippen MR) is 87.0 cm³/mol. The molecule has 1 fully saturated rings. The summed E-state index contributed by atoms with van der Waals surface area (Å²) in [4.78, 5) is 2.01. The van der Waals surface area contributed by atoms with E-state index in [2.05, 4.69) is 27.7 Å². The van der Waals surface area contributed by atoms with E-state index in [0.717, 1.165) is 28.6 Å². The van der Waals surface area contributed by atoms with Gasteiger partial charge >= 0.3 is 0 Å². The van der Waals surface area contributed by atoms with Crippen molar-refractivity contribution < 1.29 is 4.21 Å². The van der Waals surface area contributed by atoms with E-state index in [4.69, 9.17) is 0 Å². The monoisotopic (exact) mass is 290 g/mol. The van der Waals surface area contributed by atoms with Crippen molar-refractivity contribution in [2.45, 2.75) is 58.3 Å². The van der Waals surface area contributed by atoms with Crippen molar-refractivity contribution >= 4 is 10.8 Å². The first-order valence-corrected chi connectivity index (χ1v) is 8.70. The molecular weight excluding hydrogens is 264 g/mol. The van der Waals surface area contributed by atoms with Crippen LogP contribution in [0.2, 0.25) is 0 Å². The molecule has 2 heteroatoms. The summed E-state index contributed by atoms with van der Waals surface area (Å²) in [7, 11) is -0.978. The molecule has 0 bridgehead atoms. The third-order valence-electron chi connectivity index (χ3n) is 4.55. The minimum absolute atomic E-state index is 0.401. The number of benzene rings is 1. The summed E-state index contributed by atoms with van der Waals surface area (Å²) in [6.45, 7) is 9.06. The highest BCUT2D eigenvalue weighted by atomic mass is 32.2. The number of hydrogen-bond donors (Lipinski definition) is 0. The molecule has 1 aromatic rings. The Morgan fingerprint density at radius 1 is 1.10 bits per heavy atom. The third-order valence-corrected chi connectivity index (χ3v) is 6.09. The summed E-state index contributed by atoms with van der Waals surface area (Å²) < 4.78 is 12.6. The number of rotatable bonds is 2. The van der Waals surface area contributed by atoms with Crippen LogP contribution in [0.15, 0.2) is 45.7 Å². The van der Waals surface area contributed by atoms with Crippen molar-refractivity contribution in [1.82, 2.24) is 0 Å². The molecule has 1 aromatic carbocycles. The van der Waals surface area contributed by atoms with Crippen LogP contribution >= 0.6 is 0 Å². The zero-order valence-electron chi connectivity index (χ0n) is 13.1. The topological polar surface area (TPSA) is 17.1 Å². The SMILES string of the molecule is CC(=C1CCC(C(C)(C)C)CC1)S(=O)c1ccccc1. The largest absolute Gasteiger partial charge is 0.249 e. The highest BCUT2D eigenvalue weighted by Crippen LogP contribution is 2.40. The van der Waals surface area contributed by atoms with Crippen molar-refractivity contribution in [2.75, 3.05) is 0 Å². The highest BCUT2D eigenvalue weighted by Gasteiger charge is 2.28. The Hall–Kier alpha value is -0.890. The summed E-state index contributed by atoms with van der Waals surface area (Å²) in [6.07, 6.45) is 4.71. The van der Waals surface area contributed by atoms with E-state index in [1.165, 1.54) is 18.4 Å². The highest BCUT2D eigenvalue weighted by molar-refractivity contribution is 7.89. The second-order valence-electron chi connectivity index (χ2n) is 6.88. The predicted octanol–water partition coefficient (Wildman–Crippen LogP) is 5.30. The van der Waals surface area contributed by atoms with Crippen LogP contribution in [0, 0.1) is 11.3 Å². The lowest BCUT2D eigenvalue weighted by atomic mass is 9.71. The molecule has 1 aliphatic rings. The van der Waals surface area contributed by atoms with Crippen LogP contribution in [-0.2, 0) is 10.8 Å². The first kappa shape index (κ1) is 15.5. The van der Waals surface area contributed by atoms with Crippen molar-refractivity contribution in [3.05, 3.63) is 40.8 Å². The standard InChI is InChI=1S/C18H26OS/c1-14(20(19)17-8-6-5-7-9-17)15-10-12-16(13-11-15)18(2,3)4/h5-9,16H,10-13H2,1-4H3. The fourth-order valence-corrected chi connectivity index (χ4v) is 4.26. The summed E-state index contributed by atoms with van der Waals surface area (Å²) in [5.74, 6) is 0.796. The molecule has 1 aliphatic carbocycles. The van der Waals surface area contributed by atoms with Crippen molar-refractivity contribution in [1.29, 1.82) is 0 Å². The van der Waals surface area contributed by atoms with E-state index in [-0.39, 0.29) is 0 Å². The van der Waals surface area contributed by atoms with Crippen LogP contribution in [0.5, 0.6) is 0 Å². The lowest BCUT2D eigenvalue weighted by molar-refractivity contribution is 0.197.